The summed E-state index contributed by atoms with van der Waals surface area (Å²) in [5.74, 6) is 2.06. The lowest BCUT2D eigenvalue weighted by molar-refractivity contribution is 0.621. The van der Waals surface area contributed by atoms with Crippen LogP contribution in [-0.2, 0) is 19.6 Å². The number of benzene rings is 1. The van der Waals surface area contributed by atoms with Crippen molar-refractivity contribution in [2.75, 3.05) is 5.75 Å². The van der Waals surface area contributed by atoms with Gasteiger partial charge in [-0.15, -0.1) is 0 Å². The molecule has 4 rings (SSSR count). The van der Waals surface area contributed by atoms with Crippen molar-refractivity contribution in [3.63, 3.8) is 0 Å². The average molecular weight is 414 g/mol. The number of aromatic nitrogens is 4. The Hall–Kier alpha value is -2.32. The number of hydrogen-bond acceptors (Lipinski definition) is 5. The summed E-state index contributed by atoms with van der Waals surface area (Å²) in [6, 6.07) is 8.21. The predicted octanol–water partition coefficient (Wildman–Crippen LogP) is 2.88. The van der Waals surface area contributed by atoms with E-state index in [0.717, 1.165) is 18.0 Å². The molecule has 0 bridgehead atoms. The van der Waals surface area contributed by atoms with Crippen LogP contribution in [0.3, 0.4) is 0 Å². The van der Waals surface area contributed by atoms with Crippen LogP contribution in [0.5, 0.6) is 0 Å². The van der Waals surface area contributed by atoms with Gasteiger partial charge in [-0.05, 0) is 36.8 Å². The Morgan fingerprint density at radius 1 is 1.17 bits per heavy atom. The summed E-state index contributed by atoms with van der Waals surface area (Å²) in [6.45, 7) is 3.76. The fraction of sp³-hybridized carbons (Fsp3) is 0.476. The molecule has 1 aromatic carbocycles. The fourth-order valence-corrected chi connectivity index (χ4v) is 4.90. The minimum absolute atomic E-state index is 0.372. The van der Waals surface area contributed by atoms with E-state index in [2.05, 4.69) is 26.8 Å². The highest BCUT2D eigenvalue weighted by Gasteiger charge is 2.15. The minimum atomic E-state index is -0.432. The standard InChI is InChI=1S/C21H27N5O2S/c1-2-25-14-22-19-18(25)20(27)24-21(28)26(19)12-16-9-7-15(8-10-16)11-23-29-13-17-5-3-4-6-17/h7-10,14,17,23H,2-6,11-13H2,1H3,(H,24,27,28). The maximum absolute atomic E-state index is 12.4. The molecule has 2 aromatic heterocycles. The van der Waals surface area contributed by atoms with Crippen molar-refractivity contribution < 1.29 is 0 Å². The molecule has 2 heterocycles. The molecular formula is C21H27N5O2S. The van der Waals surface area contributed by atoms with E-state index in [-0.39, 0.29) is 0 Å². The number of aryl methyl sites for hydroxylation is 1. The van der Waals surface area contributed by atoms with E-state index in [1.807, 2.05) is 31.0 Å². The average Bonchev–Trinajstić information content (AvgIpc) is 3.39. The Kier molecular flexibility index (Phi) is 6.20. The Morgan fingerprint density at radius 2 is 1.90 bits per heavy atom. The molecule has 154 valence electrons. The van der Waals surface area contributed by atoms with Crippen LogP contribution < -0.4 is 16.0 Å². The summed E-state index contributed by atoms with van der Waals surface area (Å²) < 4.78 is 6.73. The van der Waals surface area contributed by atoms with Crippen LogP contribution in [0.2, 0.25) is 0 Å². The zero-order valence-corrected chi connectivity index (χ0v) is 17.5. The Labute approximate surface area is 173 Å². The highest BCUT2D eigenvalue weighted by atomic mass is 32.2. The Morgan fingerprint density at radius 3 is 2.62 bits per heavy atom. The number of hydrogen-bond donors (Lipinski definition) is 2. The quantitative estimate of drug-likeness (QED) is 0.438. The molecule has 0 saturated heterocycles. The van der Waals surface area contributed by atoms with Gasteiger partial charge in [0.2, 0.25) is 0 Å². The third kappa shape index (κ3) is 4.48. The van der Waals surface area contributed by atoms with Gasteiger partial charge < -0.3 is 4.57 Å². The molecule has 29 heavy (non-hydrogen) atoms. The molecule has 1 fully saturated rings. The second-order valence-corrected chi connectivity index (χ2v) is 8.56. The van der Waals surface area contributed by atoms with Gasteiger partial charge in [-0.2, -0.15) is 0 Å². The monoisotopic (exact) mass is 413 g/mol. The van der Waals surface area contributed by atoms with Crippen LogP contribution in [0.15, 0.2) is 40.2 Å². The highest BCUT2D eigenvalue weighted by Crippen LogP contribution is 2.27. The number of imidazole rings is 1. The topological polar surface area (TPSA) is 84.7 Å². The van der Waals surface area contributed by atoms with Gasteiger partial charge in [-0.3, -0.25) is 19.1 Å². The summed E-state index contributed by atoms with van der Waals surface area (Å²) in [6.07, 6.45) is 7.12. The van der Waals surface area contributed by atoms with Crippen LogP contribution in [0.4, 0.5) is 0 Å². The van der Waals surface area contributed by atoms with Crippen molar-refractivity contribution in [2.24, 2.45) is 5.92 Å². The van der Waals surface area contributed by atoms with Crippen molar-refractivity contribution in [3.8, 4) is 0 Å². The first-order chi connectivity index (χ1) is 14.2. The number of H-pyrrole nitrogens is 1. The molecular weight excluding hydrogens is 386 g/mol. The van der Waals surface area contributed by atoms with Gasteiger partial charge in [0.05, 0.1) is 12.9 Å². The lowest BCUT2D eigenvalue weighted by Gasteiger charge is -2.10. The maximum atomic E-state index is 12.4. The van der Waals surface area contributed by atoms with Gasteiger partial charge in [0.1, 0.15) is 0 Å². The van der Waals surface area contributed by atoms with Crippen LogP contribution in [0, 0.1) is 5.92 Å². The molecule has 0 unspecified atom stereocenters. The van der Waals surface area contributed by atoms with Gasteiger partial charge >= 0.3 is 5.69 Å². The third-order valence-electron chi connectivity index (χ3n) is 5.63. The van der Waals surface area contributed by atoms with E-state index >= 15 is 0 Å². The van der Waals surface area contributed by atoms with E-state index in [4.69, 9.17) is 0 Å². The predicted molar refractivity (Wildman–Crippen MR) is 117 cm³/mol. The van der Waals surface area contributed by atoms with E-state index in [9.17, 15) is 9.59 Å². The molecule has 0 atom stereocenters. The van der Waals surface area contributed by atoms with Crippen molar-refractivity contribution in [1.29, 1.82) is 0 Å². The van der Waals surface area contributed by atoms with E-state index in [0.29, 0.717) is 24.3 Å². The molecule has 0 amide bonds. The SMILES string of the molecule is CCn1cnc2c1c(=O)[nH]c(=O)n2Cc1ccc(CNSCC2CCCC2)cc1. The summed E-state index contributed by atoms with van der Waals surface area (Å²) >= 11 is 1.82. The van der Waals surface area contributed by atoms with Gasteiger partial charge in [0.25, 0.3) is 5.56 Å². The summed E-state index contributed by atoms with van der Waals surface area (Å²) in [7, 11) is 0. The lowest BCUT2D eigenvalue weighted by atomic mass is 10.1. The minimum Gasteiger partial charge on any atom is -0.325 e. The van der Waals surface area contributed by atoms with Gasteiger partial charge in [0, 0.05) is 18.8 Å². The molecule has 2 N–H and O–H groups in total. The molecule has 8 heteroatoms. The van der Waals surface area contributed by atoms with Crippen LogP contribution in [0.1, 0.15) is 43.7 Å². The number of nitrogens with one attached hydrogen (secondary N) is 2. The number of fused-ring (bicyclic) bond motifs is 1. The zero-order chi connectivity index (χ0) is 20.2. The molecule has 1 saturated carbocycles. The van der Waals surface area contributed by atoms with Gasteiger partial charge in [-0.25, -0.2) is 9.78 Å². The second-order valence-electron chi connectivity index (χ2n) is 7.65. The number of aromatic amines is 1. The molecule has 0 aliphatic heterocycles. The fourth-order valence-electron chi connectivity index (χ4n) is 3.94. The number of rotatable bonds is 8. The van der Waals surface area contributed by atoms with E-state index < -0.39 is 11.2 Å². The van der Waals surface area contributed by atoms with E-state index in [1.54, 1.807) is 10.9 Å². The normalized spacial score (nSPS) is 14.8. The third-order valence-corrected chi connectivity index (χ3v) is 6.62. The summed E-state index contributed by atoms with van der Waals surface area (Å²) in [5.41, 5.74) is 2.24. The molecule has 1 aliphatic carbocycles. The first-order valence-electron chi connectivity index (χ1n) is 10.3. The van der Waals surface area contributed by atoms with Crippen LogP contribution in [-0.4, -0.2) is 24.9 Å². The second kappa shape index (κ2) is 9.00. The van der Waals surface area contributed by atoms with Crippen molar-refractivity contribution in [2.45, 2.75) is 52.2 Å². The lowest BCUT2D eigenvalue weighted by Crippen LogP contribution is -2.31. The highest BCUT2D eigenvalue weighted by molar-refractivity contribution is 7.97. The van der Waals surface area contributed by atoms with Crippen molar-refractivity contribution in [3.05, 3.63) is 62.6 Å². The smallest absolute Gasteiger partial charge is 0.325 e. The molecule has 7 nitrogen and oxygen atoms in total. The van der Waals surface area contributed by atoms with Crippen molar-refractivity contribution in [1.82, 2.24) is 23.8 Å². The molecule has 3 aromatic rings. The van der Waals surface area contributed by atoms with Crippen LogP contribution >= 0.6 is 11.9 Å². The zero-order valence-electron chi connectivity index (χ0n) is 16.7. The van der Waals surface area contributed by atoms with Gasteiger partial charge in [-0.1, -0.05) is 49.1 Å². The summed E-state index contributed by atoms with van der Waals surface area (Å²) in [5, 5.41) is 0. The van der Waals surface area contributed by atoms with E-state index in [1.165, 1.54) is 41.6 Å². The first-order valence-corrected chi connectivity index (χ1v) is 11.2. The first kappa shape index (κ1) is 20.0. The molecule has 0 spiro atoms. The van der Waals surface area contributed by atoms with Gasteiger partial charge in [0.15, 0.2) is 11.2 Å². The largest absolute Gasteiger partial charge is 0.330 e. The van der Waals surface area contributed by atoms with Crippen molar-refractivity contribution >= 4 is 23.1 Å². The molecule has 0 radical (unpaired) electrons. The Bertz CT molecular complexity index is 1080. The summed E-state index contributed by atoms with van der Waals surface area (Å²) in [4.78, 5) is 31.2. The Balaban J connectivity index is 1.42. The molecule has 1 aliphatic rings. The van der Waals surface area contributed by atoms with Crippen LogP contribution in [0.25, 0.3) is 11.2 Å². The maximum Gasteiger partial charge on any atom is 0.330 e. The number of nitrogens with zero attached hydrogens (tertiary/aromatic N) is 3.